The highest BCUT2D eigenvalue weighted by atomic mass is 79.9. The lowest BCUT2D eigenvalue weighted by molar-refractivity contribution is -0.114. The topological polar surface area (TPSA) is 58.2 Å². The molecule has 0 heterocycles. The quantitative estimate of drug-likeness (QED) is 0.811. The summed E-state index contributed by atoms with van der Waals surface area (Å²) in [6.07, 6.45) is 0. The van der Waals surface area contributed by atoms with Crippen molar-refractivity contribution in [2.75, 3.05) is 17.2 Å². The Morgan fingerprint density at radius 1 is 1.05 bits per heavy atom. The summed E-state index contributed by atoms with van der Waals surface area (Å²) in [7, 11) is 0. The second-order valence-corrected chi connectivity index (χ2v) is 5.37. The highest BCUT2D eigenvalue weighted by molar-refractivity contribution is 9.10. The van der Waals surface area contributed by atoms with Crippen molar-refractivity contribution in [3.05, 3.63) is 58.6 Å². The van der Waals surface area contributed by atoms with E-state index in [2.05, 4.69) is 26.6 Å². The number of amides is 1. The minimum atomic E-state index is -0.152. The number of halogens is 1. The van der Waals surface area contributed by atoms with Crippen LogP contribution in [0.1, 0.15) is 17.3 Å². The summed E-state index contributed by atoms with van der Waals surface area (Å²) in [6, 6.07) is 14.4. The van der Waals surface area contributed by atoms with Gasteiger partial charge in [0.25, 0.3) is 0 Å². The Bertz CT molecular complexity index is 654. The number of Topliss-reactive ketones (excluding diaryl/α,β-unsaturated/α-hetero) is 1. The van der Waals surface area contributed by atoms with Crippen molar-refractivity contribution in [2.24, 2.45) is 0 Å². The van der Waals surface area contributed by atoms with Gasteiger partial charge >= 0.3 is 0 Å². The number of para-hydroxylation sites is 1. The molecule has 2 rings (SSSR count). The molecule has 108 valence electrons. The summed E-state index contributed by atoms with van der Waals surface area (Å²) in [5.74, 6) is -0.148. The standard InChI is InChI=1S/C16H15BrN2O2/c1-11(20)12-6-8-13(9-7-12)19-16(21)10-18-15-5-3-2-4-14(15)17/h2-9,18H,10H2,1H3,(H,19,21). The number of carbonyl (C=O) groups excluding carboxylic acids is 2. The molecule has 4 nitrogen and oxygen atoms in total. The number of anilines is 2. The molecular weight excluding hydrogens is 332 g/mol. The molecule has 1 amide bonds. The van der Waals surface area contributed by atoms with Gasteiger partial charge in [-0.2, -0.15) is 0 Å². The fourth-order valence-electron chi connectivity index (χ4n) is 1.77. The number of hydrogen-bond acceptors (Lipinski definition) is 3. The Labute approximate surface area is 131 Å². The molecule has 0 radical (unpaired) electrons. The van der Waals surface area contributed by atoms with E-state index < -0.39 is 0 Å². The van der Waals surface area contributed by atoms with E-state index in [1.165, 1.54) is 6.92 Å². The van der Waals surface area contributed by atoms with E-state index in [9.17, 15) is 9.59 Å². The molecule has 0 saturated carbocycles. The van der Waals surface area contributed by atoms with Crippen LogP contribution in [0.15, 0.2) is 53.0 Å². The second-order valence-electron chi connectivity index (χ2n) is 4.52. The highest BCUT2D eigenvalue weighted by Gasteiger charge is 2.05. The summed E-state index contributed by atoms with van der Waals surface area (Å²) in [5, 5.41) is 5.82. The van der Waals surface area contributed by atoms with Crippen LogP contribution < -0.4 is 10.6 Å². The number of benzene rings is 2. The SMILES string of the molecule is CC(=O)c1ccc(NC(=O)CNc2ccccc2Br)cc1. The van der Waals surface area contributed by atoms with Gasteiger partial charge in [-0.25, -0.2) is 0 Å². The minimum Gasteiger partial charge on any atom is -0.375 e. The summed E-state index contributed by atoms with van der Waals surface area (Å²) < 4.78 is 0.906. The van der Waals surface area contributed by atoms with Crippen molar-refractivity contribution in [3.63, 3.8) is 0 Å². The average molecular weight is 347 g/mol. The lowest BCUT2D eigenvalue weighted by atomic mass is 10.1. The zero-order valence-corrected chi connectivity index (χ0v) is 13.1. The molecule has 0 aliphatic carbocycles. The highest BCUT2D eigenvalue weighted by Crippen LogP contribution is 2.20. The Morgan fingerprint density at radius 2 is 1.71 bits per heavy atom. The molecule has 0 unspecified atom stereocenters. The van der Waals surface area contributed by atoms with E-state index in [0.717, 1.165) is 10.2 Å². The number of hydrogen-bond donors (Lipinski definition) is 2. The van der Waals surface area contributed by atoms with E-state index in [1.807, 2.05) is 24.3 Å². The van der Waals surface area contributed by atoms with Crippen molar-refractivity contribution >= 4 is 39.0 Å². The average Bonchev–Trinajstić information content (AvgIpc) is 2.47. The van der Waals surface area contributed by atoms with Crippen LogP contribution >= 0.6 is 15.9 Å². The van der Waals surface area contributed by atoms with Crippen LogP contribution in [0.25, 0.3) is 0 Å². The van der Waals surface area contributed by atoms with Crippen molar-refractivity contribution in [2.45, 2.75) is 6.92 Å². The lowest BCUT2D eigenvalue weighted by Crippen LogP contribution is -2.21. The molecule has 0 fully saturated rings. The Balaban J connectivity index is 1.90. The molecule has 0 aliphatic heterocycles. The molecule has 0 spiro atoms. The van der Waals surface area contributed by atoms with Gasteiger partial charge in [0.2, 0.25) is 5.91 Å². The molecule has 2 N–H and O–H groups in total. The van der Waals surface area contributed by atoms with Crippen LogP contribution in [0, 0.1) is 0 Å². The van der Waals surface area contributed by atoms with Gasteiger partial charge in [0.05, 0.1) is 6.54 Å². The third-order valence-electron chi connectivity index (χ3n) is 2.89. The van der Waals surface area contributed by atoms with Crippen LogP contribution in [0.4, 0.5) is 11.4 Å². The van der Waals surface area contributed by atoms with E-state index >= 15 is 0 Å². The molecule has 5 heteroatoms. The van der Waals surface area contributed by atoms with Gasteiger partial charge in [-0.1, -0.05) is 12.1 Å². The maximum absolute atomic E-state index is 11.9. The molecule has 0 bridgehead atoms. The smallest absolute Gasteiger partial charge is 0.243 e. The van der Waals surface area contributed by atoms with E-state index in [-0.39, 0.29) is 18.2 Å². The third kappa shape index (κ3) is 4.43. The molecule has 0 saturated heterocycles. The van der Waals surface area contributed by atoms with Gasteiger partial charge in [0.1, 0.15) is 0 Å². The molecule has 2 aromatic rings. The Kier molecular flexibility index (Phi) is 5.11. The number of nitrogens with one attached hydrogen (secondary N) is 2. The number of ketones is 1. The predicted octanol–water partition coefficient (Wildman–Crippen LogP) is 3.70. The second kappa shape index (κ2) is 7.04. The first kappa shape index (κ1) is 15.3. The first-order chi connectivity index (χ1) is 10.1. The van der Waals surface area contributed by atoms with Gasteiger partial charge in [0, 0.05) is 21.4 Å². The summed E-state index contributed by atoms with van der Waals surface area (Å²) in [6.45, 7) is 1.67. The van der Waals surface area contributed by atoms with Crippen molar-refractivity contribution in [1.82, 2.24) is 0 Å². The van der Waals surface area contributed by atoms with Crippen LogP contribution in [0.5, 0.6) is 0 Å². The van der Waals surface area contributed by atoms with Gasteiger partial charge in [-0.05, 0) is 59.3 Å². The molecule has 2 aromatic carbocycles. The van der Waals surface area contributed by atoms with Gasteiger partial charge in [0.15, 0.2) is 5.78 Å². The van der Waals surface area contributed by atoms with Crippen LogP contribution in [-0.4, -0.2) is 18.2 Å². The Morgan fingerprint density at radius 3 is 2.33 bits per heavy atom. The van der Waals surface area contributed by atoms with E-state index in [4.69, 9.17) is 0 Å². The monoisotopic (exact) mass is 346 g/mol. The van der Waals surface area contributed by atoms with Crippen LogP contribution in [0.2, 0.25) is 0 Å². The zero-order chi connectivity index (χ0) is 15.2. The lowest BCUT2D eigenvalue weighted by Gasteiger charge is -2.09. The van der Waals surface area contributed by atoms with Gasteiger partial charge in [-0.15, -0.1) is 0 Å². The summed E-state index contributed by atoms with van der Waals surface area (Å²) in [4.78, 5) is 23.0. The molecule has 0 aliphatic rings. The normalized spacial score (nSPS) is 10.0. The number of carbonyl (C=O) groups is 2. The largest absolute Gasteiger partial charge is 0.375 e. The molecule has 0 atom stereocenters. The number of rotatable bonds is 5. The Hall–Kier alpha value is -2.14. The van der Waals surface area contributed by atoms with Gasteiger partial charge in [-0.3, -0.25) is 9.59 Å². The maximum atomic E-state index is 11.9. The molecular formula is C16H15BrN2O2. The molecule has 0 aromatic heterocycles. The van der Waals surface area contributed by atoms with Gasteiger partial charge < -0.3 is 10.6 Å². The zero-order valence-electron chi connectivity index (χ0n) is 11.5. The van der Waals surface area contributed by atoms with E-state index in [0.29, 0.717) is 11.3 Å². The summed E-state index contributed by atoms with van der Waals surface area (Å²) >= 11 is 3.41. The fraction of sp³-hybridized carbons (Fsp3) is 0.125. The van der Waals surface area contributed by atoms with Crippen LogP contribution in [0.3, 0.4) is 0 Å². The minimum absolute atomic E-state index is 0.00321. The van der Waals surface area contributed by atoms with Crippen molar-refractivity contribution < 1.29 is 9.59 Å². The fourth-order valence-corrected chi connectivity index (χ4v) is 2.20. The maximum Gasteiger partial charge on any atom is 0.243 e. The predicted molar refractivity (Wildman–Crippen MR) is 87.7 cm³/mol. The first-order valence-electron chi connectivity index (χ1n) is 6.45. The third-order valence-corrected chi connectivity index (χ3v) is 3.58. The first-order valence-corrected chi connectivity index (χ1v) is 7.25. The molecule has 21 heavy (non-hydrogen) atoms. The van der Waals surface area contributed by atoms with Crippen molar-refractivity contribution in [1.29, 1.82) is 0 Å². The van der Waals surface area contributed by atoms with Crippen LogP contribution in [-0.2, 0) is 4.79 Å². The van der Waals surface area contributed by atoms with Crippen molar-refractivity contribution in [3.8, 4) is 0 Å². The summed E-state index contributed by atoms with van der Waals surface area (Å²) in [5.41, 5.74) is 2.15. The van der Waals surface area contributed by atoms with E-state index in [1.54, 1.807) is 24.3 Å².